The number of benzene rings is 2. The number of aromatic nitrogens is 2. The summed E-state index contributed by atoms with van der Waals surface area (Å²) in [5.74, 6) is 0.623. The van der Waals surface area contributed by atoms with Crippen molar-refractivity contribution in [2.45, 2.75) is 6.54 Å². The molecule has 0 aliphatic carbocycles. The fourth-order valence-corrected chi connectivity index (χ4v) is 2.97. The van der Waals surface area contributed by atoms with E-state index >= 15 is 0 Å². The van der Waals surface area contributed by atoms with Gasteiger partial charge in [-0.25, -0.2) is 0 Å². The first-order chi connectivity index (χ1) is 12.0. The molecule has 3 rings (SSSR count). The van der Waals surface area contributed by atoms with Crippen molar-refractivity contribution in [2.24, 2.45) is 0 Å². The van der Waals surface area contributed by atoms with Crippen molar-refractivity contribution in [1.29, 1.82) is 0 Å². The summed E-state index contributed by atoms with van der Waals surface area (Å²) >= 11 is 23.4. The van der Waals surface area contributed by atoms with Crippen molar-refractivity contribution >= 4 is 63.6 Å². The van der Waals surface area contributed by atoms with Gasteiger partial charge in [0.1, 0.15) is 0 Å². The average Bonchev–Trinajstić information content (AvgIpc) is 2.97. The lowest BCUT2D eigenvalue weighted by atomic mass is 10.2. The molecule has 0 radical (unpaired) electrons. The summed E-state index contributed by atoms with van der Waals surface area (Å²) in [4.78, 5) is 0. The molecule has 0 saturated carbocycles. The molecular weight excluding hydrogens is 399 g/mol. The van der Waals surface area contributed by atoms with E-state index in [0.717, 1.165) is 5.56 Å². The largest absolute Gasteiger partial charge is 0.331 e. The molecule has 0 amide bonds. The summed E-state index contributed by atoms with van der Waals surface area (Å²) in [6.07, 6.45) is 1.86. The molecule has 4 nitrogen and oxygen atoms in total. The van der Waals surface area contributed by atoms with Crippen LogP contribution in [-0.2, 0) is 6.54 Å². The SMILES string of the molecule is S=C(Nc1ccn(Cc2cccc(Cl)c2)n1)Nc1cc(Cl)ccc1Cl. The van der Waals surface area contributed by atoms with Crippen LogP contribution in [0.15, 0.2) is 54.7 Å². The van der Waals surface area contributed by atoms with Gasteiger partial charge in [0.25, 0.3) is 0 Å². The molecule has 0 aliphatic heterocycles. The van der Waals surface area contributed by atoms with E-state index in [1.807, 2.05) is 36.5 Å². The highest BCUT2D eigenvalue weighted by Crippen LogP contribution is 2.25. The summed E-state index contributed by atoms with van der Waals surface area (Å²) in [7, 11) is 0. The van der Waals surface area contributed by atoms with Crippen LogP contribution < -0.4 is 10.6 Å². The maximum absolute atomic E-state index is 6.11. The van der Waals surface area contributed by atoms with E-state index in [0.29, 0.717) is 38.2 Å². The van der Waals surface area contributed by atoms with Crippen LogP contribution in [0.1, 0.15) is 5.56 Å². The molecule has 0 saturated heterocycles. The molecule has 128 valence electrons. The average molecular weight is 412 g/mol. The van der Waals surface area contributed by atoms with Crippen LogP contribution in [0.4, 0.5) is 11.5 Å². The molecule has 0 fully saturated rings. The Labute approximate surface area is 165 Å². The van der Waals surface area contributed by atoms with Gasteiger partial charge in [-0.15, -0.1) is 0 Å². The van der Waals surface area contributed by atoms with Crippen LogP contribution in [0.3, 0.4) is 0 Å². The van der Waals surface area contributed by atoms with Crippen molar-refractivity contribution in [1.82, 2.24) is 9.78 Å². The van der Waals surface area contributed by atoms with Gasteiger partial charge in [0.15, 0.2) is 10.9 Å². The molecule has 1 heterocycles. The maximum atomic E-state index is 6.11. The number of anilines is 2. The number of hydrogen-bond acceptors (Lipinski definition) is 2. The molecule has 0 unspecified atom stereocenters. The monoisotopic (exact) mass is 410 g/mol. The van der Waals surface area contributed by atoms with E-state index in [2.05, 4.69) is 15.7 Å². The number of thiocarbonyl (C=S) groups is 1. The lowest BCUT2D eigenvalue weighted by Crippen LogP contribution is -2.19. The predicted octanol–water partition coefficient (Wildman–Crippen LogP) is 5.70. The minimum atomic E-state index is 0.372. The van der Waals surface area contributed by atoms with Crippen molar-refractivity contribution in [2.75, 3.05) is 10.6 Å². The van der Waals surface area contributed by atoms with E-state index in [1.54, 1.807) is 22.9 Å². The second-order valence-corrected chi connectivity index (χ2v) is 6.92. The first-order valence-electron chi connectivity index (χ1n) is 7.30. The van der Waals surface area contributed by atoms with E-state index in [1.165, 1.54) is 0 Å². The van der Waals surface area contributed by atoms with Crippen LogP contribution >= 0.6 is 47.0 Å². The zero-order valence-electron chi connectivity index (χ0n) is 12.8. The van der Waals surface area contributed by atoms with E-state index in [4.69, 9.17) is 47.0 Å². The Kier molecular flexibility index (Phi) is 5.81. The molecule has 2 N–H and O–H groups in total. The predicted molar refractivity (Wildman–Crippen MR) is 109 cm³/mol. The normalized spacial score (nSPS) is 10.5. The molecule has 0 bridgehead atoms. The third kappa shape index (κ3) is 5.09. The Hall–Kier alpha value is -1.79. The standard InChI is InChI=1S/C17H13Cl3N4S/c18-12-3-1-2-11(8-12)10-24-7-6-16(23-24)22-17(25)21-15-9-13(19)4-5-14(15)20/h1-9H,10H2,(H2,21,22,23,25). The Morgan fingerprint density at radius 1 is 1.00 bits per heavy atom. The highest BCUT2D eigenvalue weighted by atomic mass is 35.5. The summed E-state index contributed by atoms with van der Waals surface area (Å²) in [5, 5.41) is 12.6. The van der Waals surface area contributed by atoms with Crippen LogP contribution in [-0.4, -0.2) is 14.9 Å². The quantitative estimate of drug-likeness (QED) is 0.540. The molecular formula is C17H13Cl3N4S. The van der Waals surface area contributed by atoms with Crippen LogP contribution in [0.2, 0.25) is 15.1 Å². The number of nitrogens with one attached hydrogen (secondary N) is 2. The number of hydrogen-bond donors (Lipinski definition) is 2. The van der Waals surface area contributed by atoms with Gasteiger partial charge >= 0.3 is 0 Å². The zero-order valence-corrected chi connectivity index (χ0v) is 15.9. The smallest absolute Gasteiger partial charge is 0.176 e. The van der Waals surface area contributed by atoms with E-state index in [-0.39, 0.29) is 0 Å². The highest BCUT2D eigenvalue weighted by Gasteiger charge is 2.06. The van der Waals surface area contributed by atoms with Crippen molar-refractivity contribution in [3.63, 3.8) is 0 Å². The summed E-state index contributed by atoms with van der Waals surface area (Å²) in [6, 6.07) is 14.6. The molecule has 3 aromatic rings. The third-order valence-electron chi connectivity index (χ3n) is 3.29. The Bertz CT molecular complexity index is 910. The minimum Gasteiger partial charge on any atom is -0.331 e. The molecule has 0 aliphatic rings. The van der Waals surface area contributed by atoms with E-state index in [9.17, 15) is 0 Å². The van der Waals surface area contributed by atoms with Gasteiger partial charge in [0, 0.05) is 22.3 Å². The lowest BCUT2D eigenvalue weighted by Gasteiger charge is -2.10. The molecule has 2 aromatic carbocycles. The van der Waals surface area contributed by atoms with Gasteiger partial charge in [-0.2, -0.15) is 5.10 Å². The molecule has 25 heavy (non-hydrogen) atoms. The van der Waals surface area contributed by atoms with Crippen LogP contribution in [0.25, 0.3) is 0 Å². The lowest BCUT2D eigenvalue weighted by molar-refractivity contribution is 0.690. The summed E-state index contributed by atoms with van der Waals surface area (Å²) in [5.41, 5.74) is 1.69. The number of nitrogens with zero attached hydrogens (tertiary/aromatic N) is 2. The molecule has 8 heteroatoms. The van der Waals surface area contributed by atoms with Gasteiger partial charge in [-0.3, -0.25) is 4.68 Å². The fourth-order valence-electron chi connectivity index (χ4n) is 2.20. The van der Waals surface area contributed by atoms with Crippen molar-refractivity contribution < 1.29 is 0 Å². The number of rotatable bonds is 4. The van der Waals surface area contributed by atoms with Gasteiger partial charge in [0.2, 0.25) is 0 Å². The summed E-state index contributed by atoms with van der Waals surface area (Å²) < 4.78 is 1.79. The maximum Gasteiger partial charge on any atom is 0.176 e. The minimum absolute atomic E-state index is 0.372. The van der Waals surface area contributed by atoms with Crippen LogP contribution in [0.5, 0.6) is 0 Å². The molecule has 1 aromatic heterocycles. The summed E-state index contributed by atoms with van der Waals surface area (Å²) in [6.45, 7) is 0.614. The topological polar surface area (TPSA) is 41.9 Å². The third-order valence-corrected chi connectivity index (χ3v) is 4.30. The highest BCUT2D eigenvalue weighted by molar-refractivity contribution is 7.80. The first-order valence-corrected chi connectivity index (χ1v) is 8.85. The van der Waals surface area contributed by atoms with Crippen molar-refractivity contribution in [3.05, 3.63) is 75.4 Å². The zero-order chi connectivity index (χ0) is 17.8. The number of halogens is 3. The van der Waals surface area contributed by atoms with E-state index < -0.39 is 0 Å². The van der Waals surface area contributed by atoms with Crippen LogP contribution in [0, 0.1) is 0 Å². The second kappa shape index (κ2) is 8.06. The Morgan fingerprint density at radius 3 is 2.60 bits per heavy atom. The van der Waals surface area contributed by atoms with Crippen molar-refractivity contribution in [3.8, 4) is 0 Å². The van der Waals surface area contributed by atoms with Gasteiger partial charge in [-0.05, 0) is 48.1 Å². The van der Waals surface area contributed by atoms with Gasteiger partial charge in [0.05, 0.1) is 17.3 Å². The Balaban J connectivity index is 1.62. The van der Waals surface area contributed by atoms with Gasteiger partial charge in [-0.1, -0.05) is 46.9 Å². The Morgan fingerprint density at radius 2 is 1.80 bits per heavy atom. The molecule has 0 atom stereocenters. The second-order valence-electron chi connectivity index (χ2n) is 5.23. The fraction of sp³-hybridized carbons (Fsp3) is 0.0588. The molecule has 0 spiro atoms. The van der Waals surface area contributed by atoms with Gasteiger partial charge < -0.3 is 10.6 Å². The first kappa shape index (κ1) is 18.0.